The molecule has 0 spiro atoms. The molecule has 4 nitrogen and oxygen atoms in total. The standard InChI is InChI=1S/C33H41N3O/c37-33-35(25-12-3-8-18-28-14-4-1-5-15-28)31-20-9-10-21-32(31)36(33)30-22-26-34(27-23-30)24-13-11-19-29-16-6-2-7-17-29/h1-2,4-7,9-10,14-17,20-21,30H,3,8,11-13,18-19,22-27H2. The Morgan fingerprint density at radius 1 is 0.595 bits per heavy atom. The Morgan fingerprint density at radius 2 is 1.14 bits per heavy atom. The number of hydrogen-bond acceptors (Lipinski definition) is 2. The molecule has 2 heterocycles. The van der Waals surface area contributed by atoms with Crippen LogP contribution in [0.3, 0.4) is 0 Å². The molecule has 0 saturated carbocycles. The summed E-state index contributed by atoms with van der Waals surface area (Å²) in [6.07, 6.45) is 10.2. The van der Waals surface area contributed by atoms with Crippen LogP contribution in [-0.2, 0) is 19.4 Å². The first-order valence-corrected chi connectivity index (χ1v) is 14.3. The first-order valence-electron chi connectivity index (χ1n) is 14.3. The molecule has 1 aromatic heterocycles. The Kier molecular flexibility index (Phi) is 8.91. The first-order chi connectivity index (χ1) is 18.3. The number of fused-ring (bicyclic) bond motifs is 1. The van der Waals surface area contributed by atoms with Gasteiger partial charge in [0.15, 0.2) is 0 Å². The summed E-state index contributed by atoms with van der Waals surface area (Å²) >= 11 is 0. The summed E-state index contributed by atoms with van der Waals surface area (Å²) in [5, 5.41) is 0. The second-order valence-corrected chi connectivity index (χ2v) is 10.6. The van der Waals surface area contributed by atoms with Crippen molar-refractivity contribution in [2.24, 2.45) is 0 Å². The lowest BCUT2D eigenvalue weighted by atomic mass is 10.0. The molecule has 37 heavy (non-hydrogen) atoms. The highest BCUT2D eigenvalue weighted by Crippen LogP contribution is 2.26. The van der Waals surface area contributed by atoms with Crippen LogP contribution in [0.2, 0.25) is 0 Å². The molecule has 194 valence electrons. The van der Waals surface area contributed by atoms with Gasteiger partial charge in [0.25, 0.3) is 0 Å². The number of para-hydroxylation sites is 2. The third kappa shape index (κ3) is 6.61. The van der Waals surface area contributed by atoms with Crippen molar-refractivity contribution in [2.45, 2.75) is 70.4 Å². The highest BCUT2D eigenvalue weighted by molar-refractivity contribution is 5.76. The van der Waals surface area contributed by atoms with Gasteiger partial charge in [-0.3, -0.25) is 9.13 Å². The van der Waals surface area contributed by atoms with Crippen LogP contribution in [0.25, 0.3) is 11.0 Å². The van der Waals surface area contributed by atoms with E-state index in [1.165, 1.54) is 43.4 Å². The smallest absolute Gasteiger partial charge is 0.303 e. The van der Waals surface area contributed by atoms with Crippen LogP contribution in [-0.4, -0.2) is 33.7 Å². The molecule has 1 aliphatic heterocycles. The molecular formula is C33H41N3O. The van der Waals surface area contributed by atoms with E-state index in [0.29, 0.717) is 6.04 Å². The molecule has 3 aromatic carbocycles. The lowest BCUT2D eigenvalue weighted by Crippen LogP contribution is -2.38. The molecule has 5 rings (SSSR count). The van der Waals surface area contributed by atoms with Crippen molar-refractivity contribution in [3.8, 4) is 0 Å². The van der Waals surface area contributed by atoms with Gasteiger partial charge in [-0.1, -0.05) is 79.2 Å². The van der Waals surface area contributed by atoms with Crippen LogP contribution in [0.1, 0.15) is 62.1 Å². The van der Waals surface area contributed by atoms with E-state index in [1.54, 1.807) is 0 Å². The number of hydrogen-bond donors (Lipinski definition) is 0. The SMILES string of the molecule is O=c1n(CCCCCc2ccccc2)c2ccccc2n1C1CCN(CCCCc2ccccc2)CC1. The van der Waals surface area contributed by atoms with E-state index in [-0.39, 0.29) is 5.69 Å². The van der Waals surface area contributed by atoms with E-state index >= 15 is 0 Å². The average molecular weight is 496 g/mol. The van der Waals surface area contributed by atoms with Gasteiger partial charge in [0.2, 0.25) is 0 Å². The molecular weight excluding hydrogens is 454 g/mol. The van der Waals surface area contributed by atoms with E-state index in [2.05, 4.69) is 94.4 Å². The monoisotopic (exact) mass is 495 g/mol. The molecule has 0 bridgehead atoms. The molecule has 0 N–H and O–H groups in total. The van der Waals surface area contributed by atoms with Gasteiger partial charge >= 0.3 is 5.69 Å². The largest absolute Gasteiger partial charge is 0.329 e. The maximum absolute atomic E-state index is 13.6. The molecule has 4 heteroatoms. The van der Waals surface area contributed by atoms with Crippen LogP contribution < -0.4 is 5.69 Å². The Morgan fingerprint density at radius 3 is 1.78 bits per heavy atom. The number of rotatable bonds is 12. The molecule has 0 atom stereocenters. The topological polar surface area (TPSA) is 30.2 Å². The van der Waals surface area contributed by atoms with Gasteiger partial charge < -0.3 is 4.90 Å². The van der Waals surface area contributed by atoms with Gasteiger partial charge in [0.1, 0.15) is 0 Å². The summed E-state index contributed by atoms with van der Waals surface area (Å²) in [4.78, 5) is 16.2. The number of benzene rings is 3. The number of imidazole rings is 1. The second-order valence-electron chi connectivity index (χ2n) is 10.6. The lowest BCUT2D eigenvalue weighted by Gasteiger charge is -2.32. The number of likely N-dealkylation sites (tertiary alicyclic amines) is 1. The molecule has 0 amide bonds. The Labute approximate surface area is 221 Å². The quantitative estimate of drug-likeness (QED) is 0.201. The summed E-state index contributed by atoms with van der Waals surface area (Å²) in [6.45, 7) is 4.14. The minimum absolute atomic E-state index is 0.186. The Balaban J connectivity index is 1.13. The zero-order valence-corrected chi connectivity index (χ0v) is 22.1. The predicted octanol–water partition coefficient (Wildman–Crippen LogP) is 6.88. The molecule has 0 unspecified atom stereocenters. The third-order valence-electron chi connectivity index (χ3n) is 8.01. The van der Waals surface area contributed by atoms with Crippen molar-refractivity contribution in [1.82, 2.24) is 14.0 Å². The van der Waals surface area contributed by atoms with Crippen molar-refractivity contribution in [3.63, 3.8) is 0 Å². The second kappa shape index (κ2) is 12.9. The van der Waals surface area contributed by atoms with Gasteiger partial charge in [-0.15, -0.1) is 0 Å². The van der Waals surface area contributed by atoms with Gasteiger partial charge in [-0.25, -0.2) is 4.79 Å². The summed E-state index contributed by atoms with van der Waals surface area (Å²) < 4.78 is 4.15. The van der Waals surface area contributed by atoms with E-state index in [1.807, 2.05) is 4.57 Å². The Bertz CT molecular complexity index is 1280. The van der Waals surface area contributed by atoms with Crippen molar-refractivity contribution >= 4 is 11.0 Å². The first kappa shape index (κ1) is 25.5. The van der Waals surface area contributed by atoms with Crippen LogP contribution >= 0.6 is 0 Å². The fraction of sp³-hybridized carbons (Fsp3) is 0.424. The number of aromatic nitrogens is 2. The molecule has 1 aliphatic rings. The number of nitrogens with zero attached hydrogens (tertiary/aromatic N) is 3. The van der Waals surface area contributed by atoms with Crippen molar-refractivity contribution in [3.05, 3.63) is 107 Å². The van der Waals surface area contributed by atoms with Gasteiger partial charge in [-0.05, 0) is 81.2 Å². The van der Waals surface area contributed by atoms with E-state index in [0.717, 1.165) is 62.8 Å². The molecule has 4 aromatic rings. The maximum Gasteiger partial charge on any atom is 0.329 e. The van der Waals surface area contributed by atoms with Crippen molar-refractivity contribution in [1.29, 1.82) is 0 Å². The summed E-state index contributed by atoms with van der Waals surface area (Å²) in [5.41, 5.74) is 5.23. The van der Waals surface area contributed by atoms with E-state index < -0.39 is 0 Å². The summed E-state index contributed by atoms with van der Waals surface area (Å²) in [5.74, 6) is 0. The molecule has 0 aliphatic carbocycles. The van der Waals surface area contributed by atoms with E-state index in [9.17, 15) is 4.79 Å². The van der Waals surface area contributed by atoms with Crippen molar-refractivity contribution in [2.75, 3.05) is 19.6 Å². The predicted molar refractivity (Wildman–Crippen MR) is 154 cm³/mol. The fourth-order valence-electron chi connectivity index (χ4n) is 5.93. The van der Waals surface area contributed by atoms with Crippen LogP contribution in [0.5, 0.6) is 0 Å². The maximum atomic E-state index is 13.6. The number of unbranched alkanes of at least 4 members (excludes halogenated alkanes) is 3. The molecule has 1 fully saturated rings. The Hall–Kier alpha value is -3.11. The molecule has 0 radical (unpaired) electrons. The van der Waals surface area contributed by atoms with Crippen LogP contribution in [0, 0.1) is 0 Å². The number of aryl methyl sites for hydroxylation is 3. The zero-order chi connectivity index (χ0) is 25.3. The molecule has 1 saturated heterocycles. The fourth-order valence-corrected chi connectivity index (χ4v) is 5.93. The van der Waals surface area contributed by atoms with Crippen LogP contribution in [0.4, 0.5) is 0 Å². The van der Waals surface area contributed by atoms with Crippen molar-refractivity contribution < 1.29 is 0 Å². The summed E-state index contributed by atoms with van der Waals surface area (Å²) in [7, 11) is 0. The highest BCUT2D eigenvalue weighted by atomic mass is 16.1. The van der Waals surface area contributed by atoms with E-state index in [4.69, 9.17) is 0 Å². The van der Waals surface area contributed by atoms with Gasteiger partial charge in [-0.2, -0.15) is 0 Å². The summed E-state index contributed by atoms with van der Waals surface area (Å²) in [6, 6.07) is 30.2. The van der Waals surface area contributed by atoms with Gasteiger partial charge in [0.05, 0.1) is 11.0 Å². The average Bonchev–Trinajstić information content (AvgIpc) is 3.23. The highest BCUT2D eigenvalue weighted by Gasteiger charge is 2.24. The number of piperidine rings is 1. The van der Waals surface area contributed by atoms with Gasteiger partial charge in [0, 0.05) is 25.7 Å². The normalized spacial score (nSPS) is 14.9. The zero-order valence-electron chi connectivity index (χ0n) is 22.1. The minimum atomic E-state index is 0.186. The minimum Gasteiger partial charge on any atom is -0.303 e. The lowest BCUT2D eigenvalue weighted by molar-refractivity contribution is 0.183. The third-order valence-corrected chi connectivity index (χ3v) is 8.01. The van der Waals surface area contributed by atoms with Crippen LogP contribution in [0.15, 0.2) is 89.7 Å².